The van der Waals surface area contributed by atoms with Crippen LogP contribution in [0.25, 0.3) is 82.5 Å². The summed E-state index contributed by atoms with van der Waals surface area (Å²) in [5.74, 6) is 1.71. The van der Waals surface area contributed by atoms with Crippen molar-refractivity contribution in [2.75, 3.05) is 4.90 Å². The zero-order valence-corrected chi connectivity index (χ0v) is 28.3. The van der Waals surface area contributed by atoms with Crippen LogP contribution in [0.2, 0.25) is 0 Å². The van der Waals surface area contributed by atoms with Crippen molar-refractivity contribution in [3.05, 3.63) is 170 Å². The van der Waals surface area contributed by atoms with Crippen molar-refractivity contribution in [2.45, 2.75) is 0 Å². The van der Waals surface area contributed by atoms with E-state index in [-0.39, 0.29) is 0 Å². The normalized spacial score (nSPS) is 12.3. The lowest BCUT2D eigenvalue weighted by atomic mass is 10.0. The first-order chi connectivity index (χ1) is 26.3. The Kier molecular flexibility index (Phi) is 5.71. The summed E-state index contributed by atoms with van der Waals surface area (Å²) < 4.78 is 22.2. The third-order valence-electron chi connectivity index (χ3n) is 10.8. The van der Waals surface area contributed by atoms with Crippen LogP contribution < -0.4 is 9.64 Å². The highest BCUT2D eigenvalue weighted by molar-refractivity contribution is 6.15. The van der Waals surface area contributed by atoms with Gasteiger partial charge in [-0.3, -0.25) is 0 Å². The second kappa shape index (κ2) is 10.6. The molecule has 0 aliphatic carbocycles. The van der Waals surface area contributed by atoms with Crippen molar-refractivity contribution in [1.29, 1.82) is 0 Å². The molecule has 53 heavy (non-hydrogen) atoms. The Morgan fingerprint density at radius 3 is 1.66 bits per heavy atom. The average molecular weight is 681 g/mol. The zero-order valence-electron chi connectivity index (χ0n) is 28.3. The number of para-hydroxylation sites is 7. The van der Waals surface area contributed by atoms with Crippen LogP contribution in [0.4, 0.5) is 17.1 Å². The number of hydrogen-bond acceptors (Lipinski definition) is 4. The Labute approximate surface area is 303 Å². The van der Waals surface area contributed by atoms with E-state index >= 15 is 0 Å². The molecule has 0 amide bonds. The number of hydrogen-bond donors (Lipinski definition) is 0. The number of ether oxygens (including phenoxy) is 1. The Balaban J connectivity index is 1.08. The highest BCUT2D eigenvalue weighted by Crippen LogP contribution is 2.50. The highest BCUT2D eigenvalue weighted by atomic mass is 16.5. The molecular formula is C48H28N2O3. The minimum absolute atomic E-state index is 0.822. The van der Waals surface area contributed by atoms with E-state index in [0.717, 1.165) is 100 Å². The molecule has 12 rings (SSSR count). The fourth-order valence-electron chi connectivity index (χ4n) is 8.50. The Morgan fingerprint density at radius 1 is 0.415 bits per heavy atom. The summed E-state index contributed by atoms with van der Waals surface area (Å²) in [6.45, 7) is 0. The first-order valence-corrected chi connectivity index (χ1v) is 17.8. The molecule has 0 N–H and O–H groups in total. The van der Waals surface area contributed by atoms with Crippen molar-refractivity contribution in [3.63, 3.8) is 0 Å². The van der Waals surface area contributed by atoms with E-state index in [1.165, 1.54) is 10.8 Å². The minimum atomic E-state index is 0.822. The molecule has 0 atom stereocenters. The summed E-state index contributed by atoms with van der Waals surface area (Å²) in [7, 11) is 0. The summed E-state index contributed by atoms with van der Waals surface area (Å²) in [5, 5.41) is 6.71. The predicted molar refractivity (Wildman–Crippen MR) is 216 cm³/mol. The summed E-state index contributed by atoms with van der Waals surface area (Å²) in [6.07, 6.45) is 0. The van der Waals surface area contributed by atoms with E-state index in [2.05, 4.69) is 155 Å². The molecule has 5 nitrogen and oxygen atoms in total. The molecule has 1 aliphatic rings. The molecule has 1 aliphatic heterocycles. The molecule has 0 saturated heterocycles. The number of nitrogens with zero attached hydrogens (tertiary/aromatic N) is 2. The lowest BCUT2D eigenvalue weighted by molar-refractivity contribution is 0.477. The van der Waals surface area contributed by atoms with E-state index in [1.807, 2.05) is 24.3 Å². The molecule has 0 spiro atoms. The van der Waals surface area contributed by atoms with Gasteiger partial charge in [0.15, 0.2) is 22.7 Å². The van der Waals surface area contributed by atoms with E-state index in [9.17, 15) is 0 Å². The van der Waals surface area contributed by atoms with Crippen LogP contribution in [0.1, 0.15) is 0 Å². The molecule has 0 radical (unpaired) electrons. The minimum Gasteiger partial charge on any atom is -0.454 e. The first-order valence-electron chi connectivity index (χ1n) is 17.8. The number of aromatic nitrogens is 1. The summed E-state index contributed by atoms with van der Waals surface area (Å²) in [6, 6.07) is 59.2. The Hall–Kier alpha value is -7.24. The number of rotatable bonds is 4. The molecule has 5 heteroatoms. The lowest BCUT2D eigenvalue weighted by Crippen LogP contribution is -2.10. The number of benzene rings is 8. The molecule has 8 aromatic carbocycles. The van der Waals surface area contributed by atoms with Gasteiger partial charge >= 0.3 is 0 Å². The van der Waals surface area contributed by atoms with E-state index in [0.29, 0.717) is 0 Å². The van der Waals surface area contributed by atoms with Crippen LogP contribution in [0.15, 0.2) is 179 Å². The van der Waals surface area contributed by atoms with Gasteiger partial charge in [0.2, 0.25) is 0 Å². The van der Waals surface area contributed by atoms with Crippen LogP contribution in [0.5, 0.6) is 11.5 Å². The van der Waals surface area contributed by atoms with Gasteiger partial charge < -0.3 is 23.0 Å². The third-order valence-corrected chi connectivity index (χ3v) is 10.8. The number of anilines is 3. The molecule has 4 heterocycles. The molecule has 0 saturated carbocycles. The van der Waals surface area contributed by atoms with Crippen LogP contribution >= 0.6 is 0 Å². The maximum atomic E-state index is 6.63. The fourth-order valence-corrected chi connectivity index (χ4v) is 8.50. The lowest BCUT2D eigenvalue weighted by Gasteiger charge is -2.26. The SMILES string of the molecule is c1cc2c(c(-c3ccc(N(c4cccc5c4oc4ccccc45)c4cccc5c4oc4ccccc45)cc3)c1)-n1c3ccccc3c3cccc(c31)O2. The van der Waals surface area contributed by atoms with Crippen molar-refractivity contribution in [2.24, 2.45) is 0 Å². The van der Waals surface area contributed by atoms with Gasteiger partial charge in [-0.1, -0.05) is 115 Å². The maximum Gasteiger partial charge on any atom is 0.159 e. The van der Waals surface area contributed by atoms with Crippen LogP contribution in [0.3, 0.4) is 0 Å². The van der Waals surface area contributed by atoms with Gasteiger partial charge in [0.05, 0.1) is 28.1 Å². The van der Waals surface area contributed by atoms with Gasteiger partial charge in [0, 0.05) is 43.6 Å². The zero-order chi connectivity index (χ0) is 34.6. The summed E-state index contributed by atoms with van der Waals surface area (Å²) >= 11 is 0. The van der Waals surface area contributed by atoms with Crippen LogP contribution in [-0.2, 0) is 0 Å². The standard InChI is InChI=1S/C48H28N2O3/c1-4-18-38-32(11-1)35-15-10-24-44-46(35)50(38)45-31(14-9-23-43(45)51-44)29-25-27-30(28-26-29)49(39-19-7-16-36-33-12-2-5-21-41(33)52-47(36)39)40-20-8-17-37-34-13-3-6-22-42(34)53-48(37)40/h1-28H. The van der Waals surface area contributed by atoms with Crippen molar-refractivity contribution in [3.8, 4) is 28.3 Å². The molecule has 0 bridgehead atoms. The Bertz CT molecular complexity index is 3160. The van der Waals surface area contributed by atoms with Crippen molar-refractivity contribution >= 4 is 82.7 Å². The number of fused-ring (bicyclic) bond motifs is 11. The maximum absolute atomic E-state index is 6.63. The molecule has 0 fully saturated rings. The monoisotopic (exact) mass is 680 g/mol. The topological polar surface area (TPSA) is 43.7 Å². The largest absolute Gasteiger partial charge is 0.454 e. The van der Waals surface area contributed by atoms with Crippen molar-refractivity contribution < 1.29 is 13.6 Å². The fraction of sp³-hybridized carbons (Fsp3) is 0. The molecule has 0 unspecified atom stereocenters. The predicted octanol–water partition coefficient (Wildman–Crippen LogP) is 13.8. The van der Waals surface area contributed by atoms with Gasteiger partial charge in [-0.05, 0) is 60.2 Å². The summed E-state index contributed by atoms with van der Waals surface area (Å²) in [5.41, 5.74) is 11.7. The summed E-state index contributed by atoms with van der Waals surface area (Å²) in [4.78, 5) is 2.27. The molecule has 11 aromatic rings. The Morgan fingerprint density at radius 2 is 0.962 bits per heavy atom. The van der Waals surface area contributed by atoms with Crippen molar-refractivity contribution in [1.82, 2.24) is 4.57 Å². The van der Waals surface area contributed by atoms with Crippen LogP contribution in [-0.4, -0.2) is 4.57 Å². The van der Waals surface area contributed by atoms with E-state index < -0.39 is 0 Å². The van der Waals surface area contributed by atoms with Gasteiger partial charge in [-0.25, -0.2) is 0 Å². The van der Waals surface area contributed by atoms with E-state index in [4.69, 9.17) is 13.6 Å². The van der Waals surface area contributed by atoms with Gasteiger partial charge in [-0.2, -0.15) is 0 Å². The molecule has 3 aromatic heterocycles. The smallest absolute Gasteiger partial charge is 0.159 e. The van der Waals surface area contributed by atoms with Gasteiger partial charge in [0.25, 0.3) is 0 Å². The second-order valence-corrected chi connectivity index (χ2v) is 13.6. The molecular weight excluding hydrogens is 653 g/mol. The quantitative estimate of drug-likeness (QED) is 0.186. The highest BCUT2D eigenvalue weighted by Gasteiger charge is 2.27. The third kappa shape index (κ3) is 3.96. The van der Waals surface area contributed by atoms with Gasteiger partial charge in [-0.15, -0.1) is 0 Å². The first kappa shape index (κ1) is 28.5. The van der Waals surface area contributed by atoms with Gasteiger partial charge in [0.1, 0.15) is 11.2 Å². The number of furan rings is 2. The second-order valence-electron chi connectivity index (χ2n) is 13.6. The molecule has 248 valence electrons. The average Bonchev–Trinajstić information content (AvgIpc) is 3.90. The van der Waals surface area contributed by atoms with E-state index in [1.54, 1.807) is 0 Å². The van der Waals surface area contributed by atoms with Crippen LogP contribution in [0, 0.1) is 0 Å².